The molecule has 0 bridgehead atoms. The molecule has 0 atom stereocenters. The predicted molar refractivity (Wildman–Crippen MR) is 306 cm³/mol. The number of hydrogen-bond donors (Lipinski definition) is 0. The Balaban J connectivity index is 0.000000415. The van der Waals surface area contributed by atoms with Gasteiger partial charge in [0, 0.05) is 33.5 Å². The van der Waals surface area contributed by atoms with Crippen LogP contribution >= 0.6 is 0 Å². The summed E-state index contributed by atoms with van der Waals surface area (Å²) in [6, 6.07) is 82.9. The molecule has 0 spiro atoms. The van der Waals surface area contributed by atoms with Crippen molar-refractivity contribution in [3.8, 4) is 50.2 Å². The number of allylic oxidation sites excluding steroid dienone is 7. The lowest BCUT2D eigenvalue weighted by Crippen LogP contribution is -2.09. The monoisotopic (exact) mass is 906 g/mol. The van der Waals surface area contributed by atoms with E-state index in [2.05, 4.69) is 279 Å². The molecule has 2 heteroatoms. The molecule has 0 saturated carbocycles. The van der Waals surface area contributed by atoms with Crippen LogP contribution in [0.3, 0.4) is 0 Å². The highest BCUT2D eigenvalue weighted by Gasteiger charge is 2.16. The Morgan fingerprint density at radius 2 is 0.886 bits per heavy atom. The van der Waals surface area contributed by atoms with Gasteiger partial charge in [-0.05, 0) is 143 Å². The highest BCUT2D eigenvalue weighted by Crippen LogP contribution is 2.39. The first kappa shape index (κ1) is 48.0. The molecular weight excluding hydrogens is 845 g/mol. The fraction of sp³-hybridized carbons (Fsp3) is 0.0882. The molecule has 10 rings (SSSR count). The Hall–Kier alpha value is -8.46. The highest BCUT2D eigenvalue weighted by molar-refractivity contribution is 6.10. The Morgan fingerprint density at radius 1 is 0.443 bits per heavy atom. The zero-order valence-corrected chi connectivity index (χ0v) is 41.1. The smallest absolute Gasteiger partial charge is 0.0541 e. The van der Waals surface area contributed by atoms with Gasteiger partial charge in [-0.3, -0.25) is 0 Å². The van der Waals surface area contributed by atoms with E-state index < -0.39 is 0 Å². The van der Waals surface area contributed by atoms with Crippen LogP contribution in [0.15, 0.2) is 279 Å². The van der Waals surface area contributed by atoms with Gasteiger partial charge in [0.25, 0.3) is 0 Å². The van der Waals surface area contributed by atoms with E-state index in [1.165, 1.54) is 77.5 Å². The number of nitrogens with zero attached hydrogens (tertiary/aromatic N) is 2. The first-order valence-electron chi connectivity index (χ1n) is 24.5. The van der Waals surface area contributed by atoms with E-state index in [1.807, 2.05) is 32.9 Å². The van der Waals surface area contributed by atoms with Crippen molar-refractivity contribution in [1.82, 2.24) is 4.57 Å². The van der Waals surface area contributed by atoms with Gasteiger partial charge >= 0.3 is 0 Å². The van der Waals surface area contributed by atoms with Gasteiger partial charge in [0.05, 0.1) is 11.0 Å². The Kier molecular flexibility index (Phi) is 16.1. The summed E-state index contributed by atoms with van der Waals surface area (Å²) in [5.74, 6) is 0. The summed E-state index contributed by atoms with van der Waals surface area (Å²) in [6.45, 7) is 14.0. The van der Waals surface area contributed by atoms with Crippen molar-refractivity contribution >= 4 is 38.9 Å². The number of hydrogen-bond acceptors (Lipinski definition) is 1. The molecule has 0 fully saturated rings. The van der Waals surface area contributed by atoms with Gasteiger partial charge in [-0.2, -0.15) is 0 Å². The maximum Gasteiger partial charge on any atom is 0.0541 e. The quantitative estimate of drug-likeness (QED) is 0.111. The highest BCUT2D eigenvalue weighted by atomic mass is 15.1. The van der Waals surface area contributed by atoms with Crippen molar-refractivity contribution in [2.24, 2.45) is 0 Å². The average Bonchev–Trinajstić information content (AvgIpc) is 3.77. The average molecular weight is 907 g/mol. The molecule has 0 saturated heterocycles. The molecule has 0 radical (unpaired) electrons. The molecule has 1 aromatic heterocycles. The molecule has 10 aromatic rings. The minimum absolute atomic E-state index is 1.06. The lowest BCUT2D eigenvalue weighted by molar-refractivity contribution is 1.10. The van der Waals surface area contributed by atoms with Gasteiger partial charge in [-0.1, -0.05) is 222 Å². The van der Waals surface area contributed by atoms with Crippen molar-refractivity contribution in [2.75, 3.05) is 4.90 Å². The van der Waals surface area contributed by atoms with Crippen LogP contribution in [0.1, 0.15) is 41.0 Å². The molecule has 9 aromatic carbocycles. The molecule has 0 aliphatic heterocycles. The second-order valence-corrected chi connectivity index (χ2v) is 16.9. The molecule has 0 aliphatic carbocycles. The van der Waals surface area contributed by atoms with Gasteiger partial charge < -0.3 is 9.47 Å². The minimum atomic E-state index is 1.06. The lowest BCUT2D eigenvalue weighted by atomic mass is 9.98. The molecular formula is C68H62N2. The third kappa shape index (κ3) is 10.9. The van der Waals surface area contributed by atoms with Gasteiger partial charge in [0.15, 0.2) is 0 Å². The first-order valence-corrected chi connectivity index (χ1v) is 24.5. The number of benzene rings is 9. The number of fused-ring (bicyclic) bond motifs is 3. The summed E-state index contributed by atoms with van der Waals surface area (Å²) in [5.41, 5.74) is 19.2. The summed E-state index contributed by atoms with van der Waals surface area (Å²) in [4.78, 5) is 2.33. The zero-order chi connectivity index (χ0) is 48.7. The standard InChI is InChI=1S/C54H38N2.C12H18.C2H6/c1-4-13-39(14-5-1)41-27-32-48(33-28-41)55(47-18-8-3-9-19-47)50-20-12-17-45(37-50)43-23-25-44(26-24-43)46-31-36-54-52(38-46)51-21-10-11-22-53(51)56(54)49-34-29-42(30-35-49)40-15-6-2-7-16-40;1-5-8-10-11(4)12(7-3)9-6-2;1-2/h1-38H;5-6,8-10H,2,7H2,1,3-4H3;1-2H3/b;8-5-,11-10+,12-9+;. The molecule has 0 aliphatic rings. The van der Waals surface area contributed by atoms with E-state index in [9.17, 15) is 0 Å². The Bertz CT molecular complexity index is 3350. The molecule has 70 heavy (non-hydrogen) atoms. The van der Waals surface area contributed by atoms with Gasteiger partial charge in [0.2, 0.25) is 0 Å². The normalized spacial score (nSPS) is 11.4. The van der Waals surface area contributed by atoms with E-state index in [-0.39, 0.29) is 0 Å². The van der Waals surface area contributed by atoms with Crippen LogP contribution < -0.4 is 4.90 Å². The minimum Gasteiger partial charge on any atom is -0.310 e. The number of rotatable bonds is 12. The van der Waals surface area contributed by atoms with Gasteiger partial charge in [-0.25, -0.2) is 0 Å². The van der Waals surface area contributed by atoms with Gasteiger partial charge in [-0.15, -0.1) is 0 Å². The Morgan fingerprint density at radius 3 is 1.47 bits per heavy atom. The topological polar surface area (TPSA) is 8.17 Å². The van der Waals surface area contributed by atoms with E-state index in [0.29, 0.717) is 0 Å². The summed E-state index contributed by atoms with van der Waals surface area (Å²) < 4.78 is 2.38. The second kappa shape index (κ2) is 23.5. The maximum absolute atomic E-state index is 3.69. The molecule has 0 amide bonds. The van der Waals surface area contributed by atoms with Crippen molar-refractivity contribution < 1.29 is 0 Å². The van der Waals surface area contributed by atoms with Crippen LogP contribution in [0.25, 0.3) is 72.0 Å². The largest absolute Gasteiger partial charge is 0.310 e. The fourth-order valence-corrected chi connectivity index (χ4v) is 9.02. The lowest BCUT2D eigenvalue weighted by Gasteiger charge is -2.26. The van der Waals surface area contributed by atoms with Crippen molar-refractivity contribution in [3.05, 3.63) is 279 Å². The molecule has 1 heterocycles. The maximum atomic E-state index is 3.69. The van der Waals surface area contributed by atoms with E-state index >= 15 is 0 Å². The summed E-state index contributed by atoms with van der Waals surface area (Å²) >= 11 is 0. The number of aromatic nitrogens is 1. The van der Waals surface area contributed by atoms with E-state index in [0.717, 1.165) is 29.2 Å². The van der Waals surface area contributed by atoms with Crippen molar-refractivity contribution in [3.63, 3.8) is 0 Å². The molecule has 0 unspecified atom stereocenters. The van der Waals surface area contributed by atoms with E-state index in [1.54, 1.807) is 0 Å². The van der Waals surface area contributed by atoms with E-state index in [4.69, 9.17) is 0 Å². The summed E-state index contributed by atoms with van der Waals surface area (Å²) in [5, 5.41) is 2.50. The van der Waals surface area contributed by atoms with Crippen LogP contribution in [0.4, 0.5) is 17.1 Å². The Labute approximate surface area is 416 Å². The van der Waals surface area contributed by atoms with Crippen LogP contribution in [-0.4, -0.2) is 4.57 Å². The zero-order valence-electron chi connectivity index (χ0n) is 41.1. The third-order valence-corrected chi connectivity index (χ3v) is 12.6. The predicted octanol–water partition coefficient (Wildman–Crippen LogP) is 20.0. The molecule has 344 valence electrons. The van der Waals surface area contributed by atoms with Crippen LogP contribution in [0.2, 0.25) is 0 Å². The molecule has 0 N–H and O–H groups in total. The van der Waals surface area contributed by atoms with Crippen LogP contribution in [0.5, 0.6) is 0 Å². The third-order valence-electron chi connectivity index (χ3n) is 12.6. The van der Waals surface area contributed by atoms with Crippen molar-refractivity contribution in [1.29, 1.82) is 0 Å². The second-order valence-electron chi connectivity index (χ2n) is 16.9. The SMILES string of the molecule is C=C/C=C(CC)/C(C)=C/C=C\C.CC.c1ccc(-c2ccc(N(c3ccccc3)c3cccc(-c4ccc(-c5ccc6c(c5)c5ccccc5n6-c5ccc(-c6ccccc6)cc5)cc4)c3)cc2)cc1. The first-order chi connectivity index (χ1) is 34.5. The summed E-state index contributed by atoms with van der Waals surface area (Å²) in [7, 11) is 0. The van der Waals surface area contributed by atoms with Crippen LogP contribution in [-0.2, 0) is 0 Å². The fourth-order valence-electron chi connectivity index (χ4n) is 9.02. The van der Waals surface area contributed by atoms with Crippen LogP contribution in [0, 0.1) is 0 Å². The van der Waals surface area contributed by atoms with Crippen molar-refractivity contribution in [2.45, 2.75) is 41.0 Å². The van der Waals surface area contributed by atoms with Gasteiger partial charge in [0.1, 0.15) is 0 Å². The molecule has 2 nitrogen and oxygen atoms in total. The summed E-state index contributed by atoms with van der Waals surface area (Å²) in [6.07, 6.45) is 11.2. The number of anilines is 3. The number of para-hydroxylation sites is 2.